The van der Waals surface area contributed by atoms with Gasteiger partial charge in [0.1, 0.15) is 0 Å². The molecular formula is C11H24N2O. The van der Waals surface area contributed by atoms with E-state index in [0.29, 0.717) is 5.92 Å². The third-order valence-electron chi connectivity index (χ3n) is 3.28. The number of ether oxygens (including phenoxy) is 1. The fraction of sp³-hybridized carbons (Fsp3) is 1.00. The van der Waals surface area contributed by atoms with E-state index in [9.17, 15) is 0 Å². The minimum Gasteiger partial charge on any atom is -0.384 e. The van der Waals surface area contributed by atoms with E-state index in [-0.39, 0.29) is 5.54 Å². The quantitative estimate of drug-likeness (QED) is 0.738. The van der Waals surface area contributed by atoms with Crippen molar-refractivity contribution in [3.8, 4) is 0 Å². The maximum absolute atomic E-state index is 5.78. The molecular weight excluding hydrogens is 176 g/mol. The van der Waals surface area contributed by atoms with Gasteiger partial charge in [-0.3, -0.25) is 4.90 Å². The normalized spacial score (nSPS) is 25.3. The van der Waals surface area contributed by atoms with E-state index in [2.05, 4.69) is 18.7 Å². The van der Waals surface area contributed by atoms with Crippen LogP contribution in [-0.4, -0.2) is 43.8 Å². The SMILES string of the molecule is COCC1CCCN(C(C)(C)CN)C1. The Labute approximate surface area is 87.6 Å². The largest absolute Gasteiger partial charge is 0.384 e. The van der Waals surface area contributed by atoms with Crippen LogP contribution in [-0.2, 0) is 4.74 Å². The third-order valence-corrected chi connectivity index (χ3v) is 3.28. The monoisotopic (exact) mass is 200 g/mol. The molecule has 14 heavy (non-hydrogen) atoms. The fourth-order valence-electron chi connectivity index (χ4n) is 2.12. The van der Waals surface area contributed by atoms with Crippen LogP contribution in [0.4, 0.5) is 0 Å². The molecule has 1 fully saturated rings. The molecule has 0 saturated carbocycles. The summed E-state index contributed by atoms with van der Waals surface area (Å²) in [6, 6.07) is 0. The van der Waals surface area contributed by atoms with Crippen molar-refractivity contribution in [2.45, 2.75) is 32.2 Å². The van der Waals surface area contributed by atoms with E-state index in [1.54, 1.807) is 7.11 Å². The van der Waals surface area contributed by atoms with Crippen molar-refractivity contribution in [2.75, 3.05) is 33.4 Å². The minimum atomic E-state index is 0.145. The maximum Gasteiger partial charge on any atom is 0.0502 e. The van der Waals surface area contributed by atoms with E-state index in [0.717, 1.165) is 19.7 Å². The van der Waals surface area contributed by atoms with Crippen molar-refractivity contribution < 1.29 is 4.74 Å². The van der Waals surface area contributed by atoms with Crippen molar-refractivity contribution in [2.24, 2.45) is 11.7 Å². The highest BCUT2D eigenvalue weighted by Crippen LogP contribution is 2.23. The highest BCUT2D eigenvalue weighted by atomic mass is 16.5. The van der Waals surface area contributed by atoms with E-state index < -0.39 is 0 Å². The second-order valence-electron chi connectivity index (χ2n) is 4.93. The summed E-state index contributed by atoms with van der Waals surface area (Å²) < 4.78 is 5.22. The van der Waals surface area contributed by atoms with Crippen molar-refractivity contribution in [1.82, 2.24) is 4.90 Å². The van der Waals surface area contributed by atoms with Gasteiger partial charge in [-0.1, -0.05) is 0 Å². The van der Waals surface area contributed by atoms with Gasteiger partial charge in [0.25, 0.3) is 0 Å². The lowest BCUT2D eigenvalue weighted by atomic mass is 9.93. The highest BCUT2D eigenvalue weighted by Gasteiger charge is 2.29. The first kappa shape index (κ1) is 12.0. The molecule has 1 heterocycles. The molecule has 3 nitrogen and oxygen atoms in total. The molecule has 0 amide bonds. The predicted molar refractivity (Wildman–Crippen MR) is 59.3 cm³/mol. The average molecular weight is 200 g/mol. The predicted octanol–water partition coefficient (Wildman–Crippen LogP) is 1.08. The van der Waals surface area contributed by atoms with Crippen LogP contribution in [0, 0.1) is 5.92 Å². The number of methoxy groups -OCH3 is 1. The molecule has 0 aromatic carbocycles. The maximum atomic E-state index is 5.78. The number of nitrogens with zero attached hydrogens (tertiary/aromatic N) is 1. The molecule has 1 rings (SSSR count). The van der Waals surface area contributed by atoms with E-state index >= 15 is 0 Å². The average Bonchev–Trinajstić information content (AvgIpc) is 2.19. The van der Waals surface area contributed by atoms with Gasteiger partial charge in [-0.05, 0) is 39.2 Å². The van der Waals surface area contributed by atoms with E-state index in [4.69, 9.17) is 10.5 Å². The van der Waals surface area contributed by atoms with Crippen LogP contribution in [0.15, 0.2) is 0 Å². The Morgan fingerprint density at radius 2 is 2.21 bits per heavy atom. The Morgan fingerprint density at radius 1 is 1.50 bits per heavy atom. The Balaban J connectivity index is 2.47. The molecule has 1 saturated heterocycles. The van der Waals surface area contributed by atoms with Gasteiger partial charge in [0.2, 0.25) is 0 Å². The summed E-state index contributed by atoms with van der Waals surface area (Å²) in [6.45, 7) is 8.39. The molecule has 84 valence electrons. The molecule has 0 aromatic heterocycles. The van der Waals surface area contributed by atoms with Crippen LogP contribution in [0.25, 0.3) is 0 Å². The summed E-state index contributed by atoms with van der Waals surface area (Å²) in [5.41, 5.74) is 5.93. The summed E-state index contributed by atoms with van der Waals surface area (Å²) in [5, 5.41) is 0. The zero-order chi connectivity index (χ0) is 10.6. The Hall–Kier alpha value is -0.120. The van der Waals surface area contributed by atoms with E-state index in [1.165, 1.54) is 19.4 Å². The van der Waals surface area contributed by atoms with Crippen molar-refractivity contribution in [3.63, 3.8) is 0 Å². The topological polar surface area (TPSA) is 38.5 Å². The second kappa shape index (κ2) is 5.10. The Bertz CT molecular complexity index is 169. The molecule has 0 aliphatic carbocycles. The molecule has 1 aliphatic heterocycles. The van der Waals surface area contributed by atoms with Gasteiger partial charge >= 0.3 is 0 Å². The summed E-state index contributed by atoms with van der Waals surface area (Å²) in [6.07, 6.45) is 2.57. The molecule has 0 spiro atoms. The lowest BCUT2D eigenvalue weighted by molar-refractivity contribution is 0.0391. The molecule has 1 unspecified atom stereocenters. The number of hydrogen-bond donors (Lipinski definition) is 1. The van der Waals surface area contributed by atoms with E-state index in [1.807, 2.05) is 0 Å². The van der Waals surface area contributed by atoms with Crippen molar-refractivity contribution in [3.05, 3.63) is 0 Å². The lowest BCUT2D eigenvalue weighted by Crippen LogP contribution is -2.53. The molecule has 1 atom stereocenters. The smallest absolute Gasteiger partial charge is 0.0502 e. The van der Waals surface area contributed by atoms with Crippen molar-refractivity contribution in [1.29, 1.82) is 0 Å². The molecule has 3 heteroatoms. The van der Waals surface area contributed by atoms with Crippen LogP contribution in [0.2, 0.25) is 0 Å². The summed E-state index contributed by atoms with van der Waals surface area (Å²) >= 11 is 0. The van der Waals surface area contributed by atoms with Crippen molar-refractivity contribution >= 4 is 0 Å². The number of piperidine rings is 1. The Kier molecular flexibility index (Phi) is 4.35. The standard InChI is InChI=1S/C11H24N2O/c1-11(2,9-12)13-6-4-5-10(7-13)8-14-3/h10H,4-9,12H2,1-3H3. The van der Waals surface area contributed by atoms with Gasteiger partial charge < -0.3 is 10.5 Å². The summed E-state index contributed by atoms with van der Waals surface area (Å²) in [7, 11) is 1.78. The number of likely N-dealkylation sites (tertiary alicyclic amines) is 1. The first-order valence-electron chi connectivity index (χ1n) is 5.54. The Morgan fingerprint density at radius 3 is 2.79 bits per heavy atom. The third kappa shape index (κ3) is 2.94. The molecule has 0 aromatic rings. The van der Waals surface area contributed by atoms with Gasteiger partial charge in [0, 0.05) is 25.7 Å². The van der Waals surface area contributed by atoms with Gasteiger partial charge in [-0.25, -0.2) is 0 Å². The number of nitrogens with two attached hydrogens (primary N) is 1. The molecule has 0 radical (unpaired) electrons. The van der Waals surface area contributed by atoms with Crippen LogP contribution in [0.5, 0.6) is 0 Å². The zero-order valence-electron chi connectivity index (χ0n) is 9.75. The van der Waals surface area contributed by atoms with Crippen LogP contribution >= 0.6 is 0 Å². The van der Waals surface area contributed by atoms with Gasteiger partial charge in [0.15, 0.2) is 0 Å². The summed E-state index contributed by atoms with van der Waals surface area (Å²) in [5.74, 6) is 0.694. The summed E-state index contributed by atoms with van der Waals surface area (Å²) in [4.78, 5) is 2.50. The van der Waals surface area contributed by atoms with Gasteiger partial charge in [-0.15, -0.1) is 0 Å². The molecule has 0 bridgehead atoms. The second-order valence-corrected chi connectivity index (χ2v) is 4.93. The fourth-order valence-corrected chi connectivity index (χ4v) is 2.12. The van der Waals surface area contributed by atoms with Crippen LogP contribution < -0.4 is 5.73 Å². The first-order valence-corrected chi connectivity index (χ1v) is 5.54. The first-order chi connectivity index (χ1) is 6.60. The molecule has 2 N–H and O–H groups in total. The number of rotatable bonds is 4. The zero-order valence-corrected chi connectivity index (χ0v) is 9.75. The minimum absolute atomic E-state index is 0.145. The molecule has 1 aliphatic rings. The lowest BCUT2D eigenvalue weighted by Gasteiger charge is -2.43. The van der Waals surface area contributed by atoms with Crippen LogP contribution in [0.3, 0.4) is 0 Å². The van der Waals surface area contributed by atoms with Crippen LogP contribution in [0.1, 0.15) is 26.7 Å². The highest BCUT2D eigenvalue weighted by molar-refractivity contribution is 4.86. The number of hydrogen-bond acceptors (Lipinski definition) is 3. The van der Waals surface area contributed by atoms with Gasteiger partial charge in [-0.2, -0.15) is 0 Å². The van der Waals surface area contributed by atoms with Gasteiger partial charge in [0.05, 0.1) is 6.61 Å².